The second-order valence-electron chi connectivity index (χ2n) is 5.94. The van der Waals surface area contributed by atoms with E-state index in [1.807, 2.05) is 40.8 Å². The Morgan fingerprint density at radius 1 is 1.18 bits per heavy atom. The molecule has 0 unspecified atom stereocenters. The average Bonchev–Trinajstić information content (AvgIpc) is 3.29. The van der Waals surface area contributed by atoms with Gasteiger partial charge in [0.15, 0.2) is 5.82 Å². The van der Waals surface area contributed by atoms with Gasteiger partial charge in [0, 0.05) is 24.5 Å². The molecule has 0 saturated heterocycles. The first-order valence-corrected chi connectivity index (χ1v) is 9.55. The quantitative estimate of drug-likeness (QED) is 0.597. The first-order valence-electron chi connectivity index (χ1n) is 8.56. The molecule has 1 amide bonds. The molecular weight excluding hydrogens is 391 g/mol. The standard InChI is InChI=1S/C18H18F3N5OS/c1-2-6-15-23-24-17(26(15)25-9-3-4-10-25)28-12-16(27)22-14-8-5-7-13(11-14)18(19,20)21/h3-5,7-11H,2,6,12H2,1H3,(H,22,27). The van der Waals surface area contributed by atoms with Crippen LogP contribution in [-0.4, -0.2) is 31.2 Å². The molecule has 0 bridgehead atoms. The predicted octanol–water partition coefficient (Wildman–Crippen LogP) is 4.09. The Hall–Kier alpha value is -2.75. The van der Waals surface area contributed by atoms with E-state index in [1.54, 1.807) is 0 Å². The molecule has 1 aromatic carbocycles. The summed E-state index contributed by atoms with van der Waals surface area (Å²) in [6.07, 6.45) is 0.838. The van der Waals surface area contributed by atoms with E-state index in [0.717, 1.165) is 42.6 Å². The fourth-order valence-corrected chi connectivity index (χ4v) is 3.31. The molecule has 2 aromatic heterocycles. The molecule has 6 nitrogen and oxygen atoms in total. The fourth-order valence-electron chi connectivity index (χ4n) is 2.56. The molecule has 0 radical (unpaired) electrons. The highest BCUT2D eigenvalue weighted by molar-refractivity contribution is 7.99. The number of aryl methyl sites for hydroxylation is 1. The smallest absolute Gasteiger partial charge is 0.325 e. The van der Waals surface area contributed by atoms with E-state index < -0.39 is 17.6 Å². The van der Waals surface area contributed by atoms with Crippen LogP contribution in [-0.2, 0) is 17.4 Å². The van der Waals surface area contributed by atoms with Gasteiger partial charge in [0.25, 0.3) is 0 Å². The van der Waals surface area contributed by atoms with Crippen LogP contribution in [0.5, 0.6) is 0 Å². The number of nitrogens with zero attached hydrogens (tertiary/aromatic N) is 4. The van der Waals surface area contributed by atoms with E-state index in [1.165, 1.54) is 12.1 Å². The number of carbonyl (C=O) groups is 1. The number of aromatic nitrogens is 4. The summed E-state index contributed by atoms with van der Waals surface area (Å²) in [6.45, 7) is 2.03. The van der Waals surface area contributed by atoms with E-state index in [0.29, 0.717) is 5.16 Å². The summed E-state index contributed by atoms with van der Waals surface area (Å²) >= 11 is 1.16. The molecule has 0 fully saturated rings. The average molecular weight is 409 g/mol. The first-order chi connectivity index (χ1) is 13.4. The van der Waals surface area contributed by atoms with E-state index in [9.17, 15) is 18.0 Å². The Kier molecular flexibility index (Phi) is 6.08. The number of hydrogen-bond donors (Lipinski definition) is 1. The van der Waals surface area contributed by atoms with Crippen molar-refractivity contribution < 1.29 is 18.0 Å². The van der Waals surface area contributed by atoms with Gasteiger partial charge in [-0.1, -0.05) is 24.8 Å². The van der Waals surface area contributed by atoms with Crippen molar-refractivity contribution in [2.75, 3.05) is 11.1 Å². The lowest BCUT2D eigenvalue weighted by molar-refractivity contribution is -0.137. The number of rotatable bonds is 7. The van der Waals surface area contributed by atoms with Crippen molar-refractivity contribution in [1.29, 1.82) is 0 Å². The highest BCUT2D eigenvalue weighted by Gasteiger charge is 2.30. The summed E-state index contributed by atoms with van der Waals surface area (Å²) < 4.78 is 42.0. The van der Waals surface area contributed by atoms with Crippen LogP contribution in [0.15, 0.2) is 53.9 Å². The van der Waals surface area contributed by atoms with Crippen molar-refractivity contribution >= 4 is 23.4 Å². The number of anilines is 1. The Morgan fingerprint density at radius 3 is 2.61 bits per heavy atom. The van der Waals surface area contributed by atoms with E-state index in [-0.39, 0.29) is 11.4 Å². The number of halogens is 3. The minimum Gasteiger partial charge on any atom is -0.325 e. The minimum atomic E-state index is -4.46. The number of hydrogen-bond acceptors (Lipinski definition) is 4. The van der Waals surface area contributed by atoms with Crippen LogP contribution in [0.25, 0.3) is 0 Å². The summed E-state index contributed by atoms with van der Waals surface area (Å²) in [5.41, 5.74) is -0.714. The van der Waals surface area contributed by atoms with E-state index in [4.69, 9.17) is 0 Å². The van der Waals surface area contributed by atoms with Gasteiger partial charge < -0.3 is 5.32 Å². The normalized spacial score (nSPS) is 11.6. The molecule has 28 heavy (non-hydrogen) atoms. The second kappa shape index (κ2) is 8.51. The molecule has 0 aliphatic heterocycles. The van der Waals surface area contributed by atoms with E-state index in [2.05, 4.69) is 15.5 Å². The number of nitrogens with one attached hydrogen (secondary N) is 1. The van der Waals surface area contributed by atoms with Crippen molar-refractivity contribution in [1.82, 2.24) is 19.5 Å². The van der Waals surface area contributed by atoms with Gasteiger partial charge in [-0.15, -0.1) is 10.2 Å². The van der Waals surface area contributed by atoms with Gasteiger partial charge in [0.2, 0.25) is 11.1 Å². The summed E-state index contributed by atoms with van der Waals surface area (Å²) in [5, 5.41) is 11.3. The van der Waals surface area contributed by atoms with Crippen LogP contribution >= 0.6 is 11.8 Å². The molecule has 148 valence electrons. The largest absolute Gasteiger partial charge is 0.416 e. The summed E-state index contributed by atoms with van der Waals surface area (Å²) in [4.78, 5) is 12.2. The maximum absolute atomic E-state index is 12.8. The highest BCUT2D eigenvalue weighted by atomic mass is 32.2. The Bertz CT molecular complexity index is 937. The molecule has 2 heterocycles. The second-order valence-corrected chi connectivity index (χ2v) is 6.88. The van der Waals surface area contributed by atoms with Crippen molar-refractivity contribution in [2.24, 2.45) is 0 Å². The molecule has 3 rings (SSSR count). The van der Waals surface area contributed by atoms with Crippen molar-refractivity contribution in [3.05, 3.63) is 60.2 Å². The minimum absolute atomic E-state index is 0.0121. The molecule has 0 spiro atoms. The molecule has 0 saturated carbocycles. The summed E-state index contributed by atoms with van der Waals surface area (Å²) in [5.74, 6) is 0.324. The molecule has 10 heteroatoms. The van der Waals surface area contributed by atoms with Gasteiger partial charge in [-0.05, 0) is 36.8 Å². The molecular formula is C18H18F3N5OS. The highest BCUT2D eigenvalue weighted by Crippen LogP contribution is 2.30. The maximum atomic E-state index is 12.8. The number of carbonyl (C=O) groups excluding carboxylic acids is 1. The van der Waals surface area contributed by atoms with Crippen LogP contribution in [0, 0.1) is 0 Å². The predicted molar refractivity (Wildman–Crippen MR) is 100 cm³/mol. The topological polar surface area (TPSA) is 64.7 Å². The van der Waals surface area contributed by atoms with Gasteiger partial charge >= 0.3 is 6.18 Å². The summed E-state index contributed by atoms with van der Waals surface area (Å²) in [6, 6.07) is 8.27. The Balaban J connectivity index is 1.69. The van der Waals surface area contributed by atoms with Gasteiger partial charge in [0.05, 0.1) is 11.3 Å². The van der Waals surface area contributed by atoms with Gasteiger partial charge in [-0.2, -0.15) is 13.2 Å². The number of amides is 1. The zero-order valence-electron chi connectivity index (χ0n) is 15.0. The number of benzene rings is 1. The lowest BCUT2D eigenvalue weighted by atomic mass is 10.2. The van der Waals surface area contributed by atoms with Crippen LogP contribution in [0.4, 0.5) is 18.9 Å². The number of alkyl halides is 3. The van der Waals surface area contributed by atoms with Crippen LogP contribution in [0.2, 0.25) is 0 Å². The summed E-state index contributed by atoms with van der Waals surface area (Å²) in [7, 11) is 0. The molecule has 1 N–H and O–H groups in total. The van der Waals surface area contributed by atoms with Gasteiger partial charge in [0.1, 0.15) is 0 Å². The molecule has 3 aromatic rings. The lowest BCUT2D eigenvalue weighted by Gasteiger charge is -2.11. The first kappa shape index (κ1) is 20.0. The van der Waals surface area contributed by atoms with Crippen molar-refractivity contribution in [3.63, 3.8) is 0 Å². The molecule has 0 aliphatic rings. The van der Waals surface area contributed by atoms with E-state index >= 15 is 0 Å². The van der Waals surface area contributed by atoms with Crippen molar-refractivity contribution in [2.45, 2.75) is 31.1 Å². The third kappa shape index (κ3) is 4.75. The zero-order valence-corrected chi connectivity index (χ0v) is 15.8. The lowest BCUT2D eigenvalue weighted by Crippen LogP contribution is -2.17. The number of thioether (sulfide) groups is 1. The SMILES string of the molecule is CCCc1nnc(SCC(=O)Nc2cccc(C(F)(F)F)c2)n1-n1cccc1. The van der Waals surface area contributed by atoms with Crippen molar-refractivity contribution in [3.8, 4) is 0 Å². The third-order valence-electron chi connectivity index (χ3n) is 3.78. The van der Waals surface area contributed by atoms with Crippen LogP contribution in [0.1, 0.15) is 24.7 Å². The van der Waals surface area contributed by atoms with Gasteiger partial charge in [-0.3, -0.25) is 9.47 Å². The van der Waals surface area contributed by atoms with Crippen LogP contribution in [0.3, 0.4) is 0 Å². The van der Waals surface area contributed by atoms with Crippen LogP contribution < -0.4 is 5.32 Å². The van der Waals surface area contributed by atoms with Gasteiger partial charge in [-0.25, -0.2) is 4.68 Å². The monoisotopic (exact) mass is 409 g/mol. The Labute approximate surface area is 163 Å². The Morgan fingerprint density at radius 2 is 1.93 bits per heavy atom. The zero-order chi connectivity index (χ0) is 20.1. The molecule has 0 aliphatic carbocycles. The molecule has 0 atom stereocenters. The third-order valence-corrected chi connectivity index (χ3v) is 4.70. The maximum Gasteiger partial charge on any atom is 0.416 e. The fraction of sp³-hybridized carbons (Fsp3) is 0.278.